The zero-order valence-corrected chi connectivity index (χ0v) is 11.4. The van der Waals surface area contributed by atoms with Crippen molar-refractivity contribution in [2.24, 2.45) is 5.73 Å². The van der Waals surface area contributed by atoms with Gasteiger partial charge in [-0.2, -0.15) is 0 Å². The average molecular weight is 266 g/mol. The number of thiocarbonyl (C=S) groups is 1. The summed E-state index contributed by atoms with van der Waals surface area (Å²) in [5, 5.41) is 0. The normalized spacial score (nSPS) is 13.4. The van der Waals surface area contributed by atoms with Crippen LogP contribution in [-0.2, 0) is 17.6 Å². The van der Waals surface area contributed by atoms with Crippen molar-refractivity contribution in [3.05, 3.63) is 22.9 Å². The summed E-state index contributed by atoms with van der Waals surface area (Å²) in [5.74, 6) is 0.569. The molecule has 2 N–H and O–H groups in total. The van der Waals surface area contributed by atoms with Crippen LogP contribution >= 0.6 is 12.2 Å². The van der Waals surface area contributed by atoms with Crippen LogP contribution in [0.5, 0.6) is 5.88 Å². The van der Waals surface area contributed by atoms with Gasteiger partial charge in [-0.05, 0) is 30.9 Å². The molecule has 1 heterocycles. The number of rotatable bonds is 6. The van der Waals surface area contributed by atoms with Crippen molar-refractivity contribution in [3.63, 3.8) is 0 Å². The van der Waals surface area contributed by atoms with Crippen molar-refractivity contribution in [3.8, 4) is 5.88 Å². The summed E-state index contributed by atoms with van der Waals surface area (Å²) in [6, 6.07) is 2.03. The number of nitrogens with two attached hydrogens (primary N) is 1. The van der Waals surface area contributed by atoms with E-state index >= 15 is 0 Å². The first-order chi connectivity index (χ1) is 8.72. The number of aromatic nitrogens is 1. The van der Waals surface area contributed by atoms with E-state index < -0.39 is 0 Å². The van der Waals surface area contributed by atoms with Gasteiger partial charge in [0, 0.05) is 25.8 Å². The van der Waals surface area contributed by atoms with Crippen LogP contribution in [0.15, 0.2) is 6.07 Å². The van der Waals surface area contributed by atoms with E-state index in [9.17, 15) is 0 Å². The first-order valence-corrected chi connectivity index (χ1v) is 6.57. The third-order valence-electron chi connectivity index (χ3n) is 3.01. The molecular weight excluding hydrogens is 248 g/mol. The topological polar surface area (TPSA) is 57.4 Å². The second-order valence-corrected chi connectivity index (χ2v) is 4.80. The maximum atomic E-state index is 5.73. The zero-order chi connectivity index (χ0) is 13.0. The van der Waals surface area contributed by atoms with Crippen molar-refractivity contribution in [1.29, 1.82) is 0 Å². The fourth-order valence-electron chi connectivity index (χ4n) is 2.11. The van der Waals surface area contributed by atoms with Crippen molar-refractivity contribution < 1.29 is 9.47 Å². The Morgan fingerprint density at radius 1 is 1.44 bits per heavy atom. The third-order valence-corrected chi connectivity index (χ3v) is 3.23. The predicted molar refractivity (Wildman–Crippen MR) is 74.1 cm³/mol. The highest BCUT2D eigenvalue weighted by Gasteiger charge is 2.18. The molecule has 4 nitrogen and oxygen atoms in total. The first-order valence-electron chi connectivity index (χ1n) is 6.16. The van der Waals surface area contributed by atoms with Gasteiger partial charge >= 0.3 is 0 Å². The van der Waals surface area contributed by atoms with Gasteiger partial charge in [0.2, 0.25) is 5.88 Å². The molecule has 0 amide bonds. The number of fused-ring (bicyclic) bond motifs is 1. The van der Waals surface area contributed by atoms with Crippen molar-refractivity contribution in [2.45, 2.75) is 25.7 Å². The summed E-state index contributed by atoms with van der Waals surface area (Å²) in [4.78, 5) is 4.89. The second kappa shape index (κ2) is 6.11. The molecule has 1 aromatic rings. The molecule has 0 bridgehead atoms. The van der Waals surface area contributed by atoms with Crippen molar-refractivity contribution in [1.82, 2.24) is 4.98 Å². The van der Waals surface area contributed by atoms with E-state index in [0.717, 1.165) is 36.9 Å². The molecule has 2 rings (SSSR count). The highest BCUT2D eigenvalue weighted by molar-refractivity contribution is 7.80. The van der Waals surface area contributed by atoms with Gasteiger partial charge in [-0.25, -0.2) is 4.98 Å². The van der Waals surface area contributed by atoms with Crippen LogP contribution in [0.2, 0.25) is 0 Å². The molecule has 1 aromatic heterocycles. The summed E-state index contributed by atoms with van der Waals surface area (Å²) < 4.78 is 10.6. The fraction of sp³-hybridized carbons (Fsp3) is 0.538. The fourth-order valence-corrected chi connectivity index (χ4v) is 2.26. The Morgan fingerprint density at radius 2 is 2.28 bits per heavy atom. The molecule has 0 atom stereocenters. The Balaban J connectivity index is 2.14. The maximum absolute atomic E-state index is 5.73. The smallest absolute Gasteiger partial charge is 0.224 e. The minimum absolute atomic E-state index is 0.346. The lowest BCUT2D eigenvalue weighted by molar-refractivity contribution is 0.170. The number of hydrogen-bond acceptors (Lipinski definition) is 4. The molecule has 98 valence electrons. The Labute approximate surface area is 112 Å². The van der Waals surface area contributed by atoms with Gasteiger partial charge in [-0.15, -0.1) is 0 Å². The maximum Gasteiger partial charge on any atom is 0.224 e. The van der Waals surface area contributed by atoms with E-state index in [4.69, 9.17) is 27.4 Å². The molecule has 0 aliphatic heterocycles. The van der Waals surface area contributed by atoms with Gasteiger partial charge in [0.15, 0.2) is 0 Å². The summed E-state index contributed by atoms with van der Waals surface area (Å²) >= 11 is 5.06. The van der Waals surface area contributed by atoms with Gasteiger partial charge in [-0.3, -0.25) is 0 Å². The lowest BCUT2D eigenvalue weighted by atomic mass is 10.1. The van der Waals surface area contributed by atoms with Gasteiger partial charge < -0.3 is 15.2 Å². The van der Waals surface area contributed by atoms with E-state index in [1.54, 1.807) is 7.11 Å². The van der Waals surface area contributed by atoms with E-state index in [2.05, 4.69) is 4.98 Å². The minimum atomic E-state index is 0.346. The summed E-state index contributed by atoms with van der Waals surface area (Å²) in [5.41, 5.74) is 8.85. The Kier molecular flexibility index (Phi) is 4.49. The van der Waals surface area contributed by atoms with Crippen LogP contribution in [0.25, 0.3) is 0 Å². The van der Waals surface area contributed by atoms with Crippen molar-refractivity contribution >= 4 is 17.2 Å². The molecular formula is C13H18N2O2S. The highest BCUT2D eigenvalue weighted by Crippen LogP contribution is 2.26. The number of nitrogens with zero attached hydrogens (tertiary/aromatic N) is 1. The molecule has 5 heteroatoms. The second-order valence-electron chi connectivity index (χ2n) is 4.36. The lowest BCUT2D eigenvalue weighted by Gasteiger charge is -2.11. The summed E-state index contributed by atoms with van der Waals surface area (Å²) in [6.45, 7) is 1.24. The highest BCUT2D eigenvalue weighted by atomic mass is 32.1. The van der Waals surface area contributed by atoms with Crippen LogP contribution in [0.1, 0.15) is 29.7 Å². The van der Waals surface area contributed by atoms with Crippen LogP contribution in [0.3, 0.4) is 0 Å². The molecule has 0 radical (unpaired) electrons. The zero-order valence-electron chi connectivity index (χ0n) is 10.6. The molecule has 0 spiro atoms. The first kappa shape index (κ1) is 13.2. The molecule has 0 aromatic carbocycles. The molecule has 0 unspecified atom stereocenters. The average Bonchev–Trinajstić information content (AvgIpc) is 2.80. The minimum Gasteiger partial charge on any atom is -0.477 e. The quantitative estimate of drug-likeness (QED) is 0.626. The Morgan fingerprint density at radius 3 is 3.00 bits per heavy atom. The monoisotopic (exact) mass is 266 g/mol. The SMILES string of the molecule is COCCCOc1nc2c(cc1C(N)=S)CCC2. The van der Waals surface area contributed by atoms with Crippen LogP contribution in [0, 0.1) is 0 Å². The molecule has 1 aliphatic rings. The number of methoxy groups -OCH3 is 1. The Bertz CT molecular complexity index is 449. The number of hydrogen-bond donors (Lipinski definition) is 1. The van der Waals surface area contributed by atoms with Gasteiger partial charge in [-0.1, -0.05) is 12.2 Å². The molecule has 0 saturated heterocycles. The predicted octanol–water partition coefficient (Wildman–Crippen LogP) is 1.62. The number of aryl methyl sites for hydroxylation is 2. The van der Waals surface area contributed by atoms with Gasteiger partial charge in [0.05, 0.1) is 12.2 Å². The van der Waals surface area contributed by atoms with Crippen molar-refractivity contribution in [2.75, 3.05) is 20.3 Å². The van der Waals surface area contributed by atoms with E-state index in [0.29, 0.717) is 24.1 Å². The molecule has 18 heavy (non-hydrogen) atoms. The van der Waals surface area contributed by atoms with E-state index in [1.165, 1.54) is 5.56 Å². The Hall–Kier alpha value is -1.20. The van der Waals surface area contributed by atoms with E-state index in [-0.39, 0.29) is 0 Å². The molecule has 0 fully saturated rings. The molecule has 0 saturated carbocycles. The van der Waals surface area contributed by atoms with Crippen LogP contribution < -0.4 is 10.5 Å². The summed E-state index contributed by atoms with van der Waals surface area (Å²) in [7, 11) is 1.67. The molecule has 1 aliphatic carbocycles. The number of pyridine rings is 1. The van der Waals surface area contributed by atoms with Gasteiger partial charge in [0.1, 0.15) is 4.99 Å². The standard InChI is InChI=1S/C13H18N2O2S/c1-16-6-3-7-17-13-10(12(14)18)8-9-4-2-5-11(9)15-13/h8H,2-7H2,1H3,(H2,14,18). The van der Waals surface area contributed by atoms with E-state index in [1.807, 2.05) is 6.07 Å². The third kappa shape index (κ3) is 2.97. The summed E-state index contributed by atoms with van der Waals surface area (Å²) in [6.07, 6.45) is 4.04. The lowest BCUT2D eigenvalue weighted by Crippen LogP contribution is -2.15. The van der Waals surface area contributed by atoms with Crippen LogP contribution in [0.4, 0.5) is 0 Å². The van der Waals surface area contributed by atoms with Gasteiger partial charge in [0.25, 0.3) is 0 Å². The largest absolute Gasteiger partial charge is 0.477 e. The number of ether oxygens (including phenoxy) is 2. The van der Waals surface area contributed by atoms with Crippen LogP contribution in [-0.4, -0.2) is 30.3 Å².